The summed E-state index contributed by atoms with van der Waals surface area (Å²) in [5, 5.41) is 8.74. The summed E-state index contributed by atoms with van der Waals surface area (Å²) in [6.07, 6.45) is 1.91. The Morgan fingerprint density at radius 3 is 2.50 bits per heavy atom. The molecular formula is C22H23ClN2O4S. The van der Waals surface area contributed by atoms with Gasteiger partial charge in [-0.1, -0.05) is 61.8 Å². The Bertz CT molecular complexity index is 1120. The lowest BCUT2D eigenvalue weighted by Crippen LogP contribution is -2.34. The first kappa shape index (κ1) is 22.1. The SMILES string of the molecule is CC1(C)CC(NC(=O)Cc2ccccc2)=CC(S(N)(=O)=O)=C1Oc1cccc(Cl)c1. The van der Waals surface area contributed by atoms with Crippen LogP contribution in [0.4, 0.5) is 0 Å². The third-order valence-electron chi connectivity index (χ3n) is 4.61. The molecule has 0 heterocycles. The Morgan fingerprint density at radius 1 is 1.17 bits per heavy atom. The van der Waals surface area contributed by atoms with Crippen molar-refractivity contribution in [2.75, 3.05) is 0 Å². The van der Waals surface area contributed by atoms with Crippen molar-refractivity contribution < 1.29 is 17.9 Å². The minimum absolute atomic E-state index is 0.172. The van der Waals surface area contributed by atoms with Crippen LogP contribution in [0, 0.1) is 5.41 Å². The topological polar surface area (TPSA) is 98.5 Å². The van der Waals surface area contributed by atoms with Crippen LogP contribution in [0.5, 0.6) is 5.75 Å². The number of rotatable bonds is 6. The molecule has 2 aromatic carbocycles. The first-order chi connectivity index (χ1) is 14.0. The van der Waals surface area contributed by atoms with Crippen LogP contribution in [-0.4, -0.2) is 14.3 Å². The summed E-state index contributed by atoms with van der Waals surface area (Å²) in [6.45, 7) is 3.66. The lowest BCUT2D eigenvalue weighted by molar-refractivity contribution is -0.119. The summed E-state index contributed by atoms with van der Waals surface area (Å²) < 4.78 is 30.6. The molecule has 2 aromatic rings. The number of sulfonamides is 1. The van der Waals surface area contributed by atoms with Crippen LogP contribution in [0.2, 0.25) is 5.02 Å². The highest BCUT2D eigenvalue weighted by atomic mass is 35.5. The van der Waals surface area contributed by atoms with Crippen LogP contribution >= 0.6 is 11.6 Å². The van der Waals surface area contributed by atoms with E-state index >= 15 is 0 Å². The number of hydrogen-bond donors (Lipinski definition) is 2. The Kier molecular flexibility index (Phi) is 6.36. The number of carbonyl (C=O) groups is 1. The molecular weight excluding hydrogens is 424 g/mol. The zero-order valence-electron chi connectivity index (χ0n) is 16.7. The van der Waals surface area contributed by atoms with Crippen molar-refractivity contribution in [3.05, 3.63) is 87.6 Å². The Balaban J connectivity index is 1.92. The van der Waals surface area contributed by atoms with Gasteiger partial charge in [0.25, 0.3) is 0 Å². The maximum atomic E-state index is 12.5. The number of amides is 1. The number of nitrogens with two attached hydrogens (primary N) is 1. The van der Waals surface area contributed by atoms with Crippen LogP contribution in [-0.2, 0) is 21.2 Å². The molecule has 158 valence electrons. The van der Waals surface area contributed by atoms with Gasteiger partial charge in [0.2, 0.25) is 15.9 Å². The fraction of sp³-hybridized carbons (Fsp3) is 0.227. The maximum absolute atomic E-state index is 12.5. The molecule has 0 radical (unpaired) electrons. The standard InChI is InChI=1S/C22H23ClN2O4S/c1-22(2)14-17(25-20(26)11-15-7-4-3-5-8-15)13-19(30(24,27)28)21(22)29-18-10-6-9-16(23)12-18/h3-10,12-13H,11,14H2,1-2H3,(H,25,26)(H2,24,27,28). The van der Waals surface area contributed by atoms with Crippen LogP contribution in [0.15, 0.2) is 77.0 Å². The number of primary sulfonamides is 1. The minimum atomic E-state index is -4.11. The molecule has 0 unspecified atom stereocenters. The third kappa shape index (κ3) is 5.50. The van der Waals surface area contributed by atoms with E-state index < -0.39 is 15.4 Å². The van der Waals surface area contributed by atoms with Crippen LogP contribution in [0.1, 0.15) is 25.8 Å². The summed E-state index contributed by atoms with van der Waals surface area (Å²) in [5.74, 6) is 0.362. The van der Waals surface area contributed by atoms with Gasteiger partial charge in [-0.3, -0.25) is 4.79 Å². The van der Waals surface area contributed by atoms with Gasteiger partial charge >= 0.3 is 0 Å². The lowest BCUT2D eigenvalue weighted by atomic mass is 9.82. The second kappa shape index (κ2) is 8.63. The van der Waals surface area contributed by atoms with E-state index in [4.69, 9.17) is 21.5 Å². The average Bonchev–Trinajstić information content (AvgIpc) is 2.63. The molecule has 0 atom stereocenters. The summed E-state index contributed by atoms with van der Waals surface area (Å²) in [7, 11) is -4.11. The Hall–Kier alpha value is -2.61. The van der Waals surface area contributed by atoms with E-state index in [1.54, 1.807) is 24.3 Å². The summed E-state index contributed by atoms with van der Waals surface area (Å²) in [5.41, 5.74) is 0.579. The molecule has 0 saturated carbocycles. The van der Waals surface area contributed by atoms with E-state index in [2.05, 4.69) is 5.32 Å². The van der Waals surface area contributed by atoms with Gasteiger partial charge in [0.15, 0.2) is 0 Å². The van der Waals surface area contributed by atoms with Gasteiger partial charge in [0.05, 0.1) is 6.42 Å². The van der Waals surface area contributed by atoms with E-state index in [-0.39, 0.29) is 23.0 Å². The van der Waals surface area contributed by atoms with Crippen LogP contribution in [0.3, 0.4) is 0 Å². The molecule has 0 bridgehead atoms. The normalized spacial score (nSPS) is 16.1. The molecule has 0 aromatic heterocycles. The fourth-order valence-electron chi connectivity index (χ4n) is 3.30. The molecule has 0 fully saturated rings. The quantitative estimate of drug-likeness (QED) is 0.703. The second-order valence-corrected chi connectivity index (χ2v) is 9.70. The molecule has 8 heteroatoms. The average molecular weight is 447 g/mol. The highest BCUT2D eigenvalue weighted by molar-refractivity contribution is 7.93. The van der Waals surface area contributed by atoms with Gasteiger partial charge in [-0.05, 0) is 36.3 Å². The third-order valence-corrected chi connectivity index (χ3v) is 5.76. The zero-order valence-corrected chi connectivity index (χ0v) is 18.3. The predicted octanol–water partition coefficient (Wildman–Crippen LogP) is 3.89. The number of halogens is 1. The van der Waals surface area contributed by atoms with Crippen molar-refractivity contribution in [3.8, 4) is 5.75 Å². The molecule has 1 aliphatic rings. The Morgan fingerprint density at radius 2 is 1.87 bits per heavy atom. The van der Waals surface area contributed by atoms with Gasteiger partial charge in [0, 0.05) is 16.1 Å². The molecule has 3 N–H and O–H groups in total. The number of hydrogen-bond acceptors (Lipinski definition) is 4. The Labute approximate surface area is 181 Å². The van der Waals surface area contributed by atoms with Crippen molar-refractivity contribution in [3.63, 3.8) is 0 Å². The zero-order chi connectivity index (χ0) is 21.9. The van der Waals surface area contributed by atoms with Crippen molar-refractivity contribution in [2.24, 2.45) is 10.6 Å². The first-order valence-corrected chi connectivity index (χ1v) is 11.2. The molecule has 0 aliphatic heterocycles. The van der Waals surface area contributed by atoms with Crippen LogP contribution in [0.25, 0.3) is 0 Å². The molecule has 1 aliphatic carbocycles. The van der Waals surface area contributed by atoms with E-state index in [0.29, 0.717) is 22.9 Å². The van der Waals surface area contributed by atoms with Crippen molar-refractivity contribution >= 4 is 27.5 Å². The van der Waals surface area contributed by atoms with Crippen molar-refractivity contribution in [1.82, 2.24) is 5.32 Å². The van der Waals surface area contributed by atoms with Gasteiger partial charge in [-0.25, -0.2) is 13.6 Å². The second-order valence-electron chi connectivity index (χ2n) is 7.74. The maximum Gasteiger partial charge on any atom is 0.241 e. The number of ether oxygens (including phenoxy) is 1. The number of benzene rings is 2. The smallest absolute Gasteiger partial charge is 0.241 e. The van der Waals surface area contributed by atoms with E-state index in [1.807, 2.05) is 44.2 Å². The van der Waals surface area contributed by atoms with E-state index in [0.717, 1.165) is 5.56 Å². The van der Waals surface area contributed by atoms with E-state index in [9.17, 15) is 13.2 Å². The molecule has 6 nitrogen and oxygen atoms in total. The highest BCUT2D eigenvalue weighted by Gasteiger charge is 2.37. The highest BCUT2D eigenvalue weighted by Crippen LogP contribution is 2.41. The molecule has 1 amide bonds. The van der Waals surface area contributed by atoms with E-state index in [1.165, 1.54) is 6.08 Å². The number of carbonyl (C=O) groups excluding carboxylic acids is 1. The molecule has 0 saturated heterocycles. The molecule has 30 heavy (non-hydrogen) atoms. The molecule has 0 spiro atoms. The van der Waals surface area contributed by atoms with Crippen LogP contribution < -0.4 is 15.2 Å². The minimum Gasteiger partial charge on any atom is -0.460 e. The van der Waals surface area contributed by atoms with Crippen molar-refractivity contribution in [2.45, 2.75) is 26.7 Å². The van der Waals surface area contributed by atoms with Crippen molar-refractivity contribution in [1.29, 1.82) is 0 Å². The summed E-state index contributed by atoms with van der Waals surface area (Å²) in [6, 6.07) is 15.9. The van der Waals surface area contributed by atoms with Gasteiger partial charge < -0.3 is 10.1 Å². The van der Waals surface area contributed by atoms with Gasteiger partial charge in [0.1, 0.15) is 16.4 Å². The van der Waals surface area contributed by atoms with Gasteiger partial charge in [-0.15, -0.1) is 0 Å². The largest absolute Gasteiger partial charge is 0.460 e. The first-order valence-electron chi connectivity index (χ1n) is 9.30. The predicted molar refractivity (Wildman–Crippen MR) is 117 cm³/mol. The number of nitrogens with one attached hydrogen (secondary N) is 1. The molecule has 3 rings (SSSR count). The van der Waals surface area contributed by atoms with Gasteiger partial charge in [-0.2, -0.15) is 0 Å². The summed E-state index contributed by atoms with van der Waals surface area (Å²) >= 11 is 6.01. The monoisotopic (exact) mass is 446 g/mol. The lowest BCUT2D eigenvalue weighted by Gasteiger charge is -2.33. The fourth-order valence-corrected chi connectivity index (χ4v) is 4.36. The number of allylic oxidation sites excluding steroid dienone is 3. The summed E-state index contributed by atoms with van der Waals surface area (Å²) in [4.78, 5) is 12.3.